The molecule has 1 fully saturated rings. The van der Waals surface area contributed by atoms with Gasteiger partial charge in [-0.3, -0.25) is 4.79 Å². The van der Waals surface area contributed by atoms with Crippen LogP contribution in [0.3, 0.4) is 0 Å². The second-order valence-corrected chi connectivity index (χ2v) is 7.60. The number of carbonyl (C=O) groups excluding carboxylic acids is 1. The van der Waals surface area contributed by atoms with E-state index in [1.54, 1.807) is 10.8 Å². The first-order valence-corrected chi connectivity index (χ1v) is 10.5. The minimum absolute atomic E-state index is 0.185. The molecule has 0 saturated carbocycles. The van der Waals surface area contributed by atoms with Gasteiger partial charge in [-0.05, 0) is 48.7 Å². The third-order valence-electron chi connectivity index (χ3n) is 5.26. The molecule has 30 heavy (non-hydrogen) atoms. The normalized spacial score (nSPS) is 14.6. The summed E-state index contributed by atoms with van der Waals surface area (Å²) in [7, 11) is 0. The van der Waals surface area contributed by atoms with Gasteiger partial charge in [-0.25, -0.2) is 4.68 Å². The molecule has 1 N–H and O–H groups in total. The fraction of sp³-hybridized carbons (Fsp3) is 0.292. The largest absolute Gasteiger partial charge is 0.372 e. The van der Waals surface area contributed by atoms with E-state index < -0.39 is 0 Å². The Bertz CT molecular complexity index is 970. The van der Waals surface area contributed by atoms with Crippen LogP contribution in [-0.4, -0.2) is 34.0 Å². The van der Waals surface area contributed by atoms with Crippen molar-refractivity contribution in [2.75, 3.05) is 23.3 Å². The predicted molar refractivity (Wildman–Crippen MR) is 120 cm³/mol. The SMILES string of the molecule is O=C(/C=C/c1cn(Cc2ccccc2)nn1)Nc1ccc(N2CCCCCC2)cc1. The van der Waals surface area contributed by atoms with Crippen LogP contribution in [-0.2, 0) is 11.3 Å². The minimum Gasteiger partial charge on any atom is -0.372 e. The molecule has 1 amide bonds. The molecule has 0 radical (unpaired) electrons. The summed E-state index contributed by atoms with van der Waals surface area (Å²) in [6, 6.07) is 18.2. The second-order valence-electron chi connectivity index (χ2n) is 7.60. The fourth-order valence-electron chi connectivity index (χ4n) is 3.67. The Morgan fingerprint density at radius 3 is 2.43 bits per heavy atom. The Balaban J connectivity index is 1.30. The Labute approximate surface area is 177 Å². The number of aromatic nitrogens is 3. The van der Waals surface area contributed by atoms with Gasteiger partial charge in [0, 0.05) is 30.5 Å². The maximum Gasteiger partial charge on any atom is 0.248 e. The summed E-state index contributed by atoms with van der Waals surface area (Å²) in [6.45, 7) is 2.87. The van der Waals surface area contributed by atoms with Gasteiger partial charge in [0.2, 0.25) is 5.91 Å². The molecule has 2 aromatic carbocycles. The monoisotopic (exact) mass is 401 g/mol. The lowest BCUT2D eigenvalue weighted by molar-refractivity contribution is -0.111. The summed E-state index contributed by atoms with van der Waals surface area (Å²) in [6.07, 6.45) is 10.1. The lowest BCUT2D eigenvalue weighted by Gasteiger charge is -2.22. The molecule has 0 unspecified atom stereocenters. The number of rotatable bonds is 6. The van der Waals surface area contributed by atoms with Gasteiger partial charge >= 0.3 is 0 Å². The van der Waals surface area contributed by atoms with E-state index >= 15 is 0 Å². The van der Waals surface area contributed by atoms with Crippen LogP contribution in [0.2, 0.25) is 0 Å². The van der Waals surface area contributed by atoms with Gasteiger partial charge < -0.3 is 10.2 Å². The molecule has 3 aromatic rings. The Kier molecular flexibility index (Phi) is 6.54. The maximum atomic E-state index is 12.3. The highest BCUT2D eigenvalue weighted by molar-refractivity contribution is 6.01. The molecule has 6 heteroatoms. The standard InChI is InChI=1S/C24H27N5O/c30-24(15-12-22-19-29(27-26-22)18-20-8-4-3-5-9-20)25-21-10-13-23(14-11-21)28-16-6-1-2-7-17-28/h3-5,8-15,19H,1-2,6-7,16-18H2,(H,25,30)/b15-12+. The highest BCUT2D eigenvalue weighted by atomic mass is 16.1. The van der Waals surface area contributed by atoms with Crippen LogP contribution in [0.4, 0.5) is 11.4 Å². The van der Waals surface area contributed by atoms with Crippen LogP contribution in [0.15, 0.2) is 66.9 Å². The van der Waals surface area contributed by atoms with Gasteiger partial charge in [0.25, 0.3) is 0 Å². The molecular weight excluding hydrogens is 374 g/mol. The third-order valence-corrected chi connectivity index (χ3v) is 5.26. The summed E-state index contributed by atoms with van der Waals surface area (Å²) in [5.74, 6) is -0.185. The zero-order chi connectivity index (χ0) is 20.6. The average molecular weight is 402 g/mol. The van der Waals surface area contributed by atoms with Gasteiger partial charge in [-0.2, -0.15) is 0 Å². The van der Waals surface area contributed by atoms with E-state index in [1.165, 1.54) is 37.4 Å². The molecule has 0 atom stereocenters. The first kappa shape index (κ1) is 19.9. The lowest BCUT2D eigenvalue weighted by Crippen LogP contribution is -2.23. The number of anilines is 2. The number of hydrogen-bond donors (Lipinski definition) is 1. The van der Waals surface area contributed by atoms with Crippen molar-refractivity contribution < 1.29 is 4.79 Å². The molecule has 154 valence electrons. The van der Waals surface area contributed by atoms with E-state index in [0.717, 1.165) is 24.3 Å². The van der Waals surface area contributed by atoms with Crippen molar-refractivity contribution >= 4 is 23.4 Å². The van der Waals surface area contributed by atoms with Gasteiger partial charge in [0.1, 0.15) is 5.69 Å². The van der Waals surface area contributed by atoms with Crippen LogP contribution < -0.4 is 10.2 Å². The smallest absolute Gasteiger partial charge is 0.248 e. The Hall–Kier alpha value is -3.41. The van der Waals surface area contributed by atoms with Crippen molar-refractivity contribution in [3.8, 4) is 0 Å². The summed E-state index contributed by atoms with van der Waals surface area (Å²) >= 11 is 0. The summed E-state index contributed by atoms with van der Waals surface area (Å²) < 4.78 is 1.76. The first-order valence-electron chi connectivity index (χ1n) is 10.5. The van der Waals surface area contributed by atoms with E-state index in [2.05, 4.69) is 32.7 Å². The molecule has 1 aliphatic heterocycles. The zero-order valence-electron chi connectivity index (χ0n) is 17.1. The molecule has 2 heterocycles. The fourth-order valence-corrected chi connectivity index (χ4v) is 3.67. The predicted octanol–water partition coefficient (Wildman–Crippen LogP) is 4.36. The topological polar surface area (TPSA) is 63.1 Å². The number of amides is 1. The molecule has 0 aliphatic carbocycles. The average Bonchev–Trinajstić information content (AvgIpc) is 3.04. The van der Waals surface area contributed by atoms with Crippen LogP contribution in [0, 0.1) is 0 Å². The van der Waals surface area contributed by atoms with E-state index in [0.29, 0.717) is 12.2 Å². The number of hydrogen-bond acceptors (Lipinski definition) is 4. The second kappa shape index (κ2) is 9.87. The number of nitrogens with zero attached hydrogens (tertiary/aromatic N) is 4. The van der Waals surface area contributed by atoms with Gasteiger partial charge in [-0.15, -0.1) is 5.10 Å². The van der Waals surface area contributed by atoms with Crippen molar-refractivity contribution in [3.63, 3.8) is 0 Å². The maximum absolute atomic E-state index is 12.3. The van der Waals surface area contributed by atoms with Crippen LogP contribution in [0.5, 0.6) is 0 Å². The number of benzene rings is 2. The van der Waals surface area contributed by atoms with E-state index in [9.17, 15) is 4.79 Å². The molecule has 0 spiro atoms. The third kappa shape index (κ3) is 5.56. The molecular formula is C24H27N5O. The molecule has 0 bridgehead atoms. The Morgan fingerprint density at radius 1 is 0.967 bits per heavy atom. The number of nitrogens with one attached hydrogen (secondary N) is 1. The highest BCUT2D eigenvalue weighted by Gasteiger charge is 2.10. The van der Waals surface area contributed by atoms with E-state index in [-0.39, 0.29) is 5.91 Å². The van der Waals surface area contributed by atoms with Gasteiger partial charge in [0.05, 0.1) is 12.7 Å². The summed E-state index contributed by atoms with van der Waals surface area (Å²) in [5, 5.41) is 11.1. The van der Waals surface area contributed by atoms with Crippen molar-refractivity contribution in [1.82, 2.24) is 15.0 Å². The molecule has 1 aliphatic rings. The van der Waals surface area contributed by atoms with Crippen molar-refractivity contribution in [2.45, 2.75) is 32.2 Å². The molecule has 6 nitrogen and oxygen atoms in total. The summed E-state index contributed by atoms with van der Waals surface area (Å²) in [4.78, 5) is 14.7. The van der Waals surface area contributed by atoms with E-state index in [1.807, 2.05) is 48.7 Å². The zero-order valence-corrected chi connectivity index (χ0v) is 17.1. The molecule has 4 rings (SSSR count). The van der Waals surface area contributed by atoms with Gasteiger partial charge in [-0.1, -0.05) is 48.4 Å². The van der Waals surface area contributed by atoms with Crippen molar-refractivity contribution in [1.29, 1.82) is 0 Å². The summed E-state index contributed by atoms with van der Waals surface area (Å²) in [5.41, 5.74) is 3.81. The molecule has 1 aromatic heterocycles. The number of carbonyl (C=O) groups is 1. The lowest BCUT2D eigenvalue weighted by atomic mass is 10.2. The minimum atomic E-state index is -0.185. The van der Waals surface area contributed by atoms with Crippen LogP contribution in [0.25, 0.3) is 6.08 Å². The van der Waals surface area contributed by atoms with Crippen molar-refractivity contribution in [3.05, 3.63) is 78.1 Å². The van der Waals surface area contributed by atoms with Crippen molar-refractivity contribution in [2.24, 2.45) is 0 Å². The van der Waals surface area contributed by atoms with Crippen LogP contribution in [0.1, 0.15) is 36.9 Å². The van der Waals surface area contributed by atoms with Crippen LogP contribution >= 0.6 is 0 Å². The van der Waals surface area contributed by atoms with Gasteiger partial charge in [0.15, 0.2) is 0 Å². The molecule has 1 saturated heterocycles. The van der Waals surface area contributed by atoms with E-state index in [4.69, 9.17) is 0 Å². The quantitative estimate of drug-likeness (QED) is 0.624. The first-order chi connectivity index (χ1) is 14.8. The highest BCUT2D eigenvalue weighted by Crippen LogP contribution is 2.21. The Morgan fingerprint density at radius 2 is 1.70 bits per heavy atom.